The number of amides is 1. The van der Waals surface area contributed by atoms with Crippen LogP contribution in [0.5, 0.6) is 0 Å². The van der Waals surface area contributed by atoms with Crippen molar-refractivity contribution in [3.8, 4) is 0 Å². The molecule has 1 aromatic heterocycles. The molecule has 0 bridgehead atoms. The zero-order valence-corrected chi connectivity index (χ0v) is 20.3. The van der Waals surface area contributed by atoms with Gasteiger partial charge >= 0.3 is 0 Å². The van der Waals surface area contributed by atoms with Gasteiger partial charge in [-0.25, -0.2) is 9.98 Å². The van der Waals surface area contributed by atoms with E-state index in [9.17, 15) is 4.79 Å². The number of nitrogens with zero attached hydrogens (tertiary/aromatic N) is 4. The van der Waals surface area contributed by atoms with Crippen molar-refractivity contribution in [2.45, 2.75) is 32.7 Å². The third-order valence-corrected chi connectivity index (χ3v) is 5.94. The summed E-state index contributed by atoms with van der Waals surface area (Å²) in [5, 5.41) is 3.44. The molecule has 1 aromatic carbocycles. The molecular weight excluding hydrogens is 503 g/mol. The Hall–Kier alpha value is -2.36. The van der Waals surface area contributed by atoms with E-state index in [0.717, 1.165) is 62.8 Å². The fourth-order valence-electron chi connectivity index (χ4n) is 4.33. The number of aliphatic imine (C=N–C) groups is 1. The number of hydrogen-bond donors (Lipinski definition) is 2. The van der Waals surface area contributed by atoms with Crippen LogP contribution in [0.2, 0.25) is 0 Å². The van der Waals surface area contributed by atoms with Gasteiger partial charge in [-0.05, 0) is 43.9 Å². The second-order valence-corrected chi connectivity index (χ2v) is 7.85. The molecular formula is C23H31IN6O. The van der Waals surface area contributed by atoms with Crippen molar-refractivity contribution >= 4 is 47.3 Å². The van der Waals surface area contributed by atoms with Crippen LogP contribution < -0.4 is 20.9 Å². The van der Waals surface area contributed by atoms with Crippen LogP contribution in [0, 0.1) is 5.92 Å². The van der Waals surface area contributed by atoms with Gasteiger partial charge in [-0.2, -0.15) is 0 Å². The van der Waals surface area contributed by atoms with Crippen molar-refractivity contribution in [2.75, 3.05) is 36.0 Å². The molecule has 8 heteroatoms. The number of pyridine rings is 1. The number of benzene rings is 1. The number of hydrogen-bond acceptors (Lipinski definition) is 4. The Bertz CT molecular complexity index is 926. The lowest BCUT2D eigenvalue weighted by Gasteiger charge is -2.32. The molecule has 1 saturated heterocycles. The molecule has 1 amide bonds. The van der Waals surface area contributed by atoms with Crippen molar-refractivity contribution in [3.05, 3.63) is 53.7 Å². The lowest BCUT2D eigenvalue weighted by Crippen LogP contribution is -2.40. The highest BCUT2D eigenvalue weighted by Crippen LogP contribution is 2.28. The number of aromatic nitrogens is 1. The van der Waals surface area contributed by atoms with Gasteiger partial charge in [0.05, 0.1) is 6.54 Å². The van der Waals surface area contributed by atoms with E-state index in [4.69, 9.17) is 10.7 Å². The van der Waals surface area contributed by atoms with Crippen LogP contribution in [0.3, 0.4) is 0 Å². The van der Waals surface area contributed by atoms with Gasteiger partial charge < -0.3 is 20.9 Å². The van der Waals surface area contributed by atoms with Crippen molar-refractivity contribution in [1.82, 2.24) is 10.3 Å². The van der Waals surface area contributed by atoms with Crippen molar-refractivity contribution in [3.63, 3.8) is 0 Å². The lowest BCUT2D eigenvalue weighted by molar-refractivity contribution is -0.122. The summed E-state index contributed by atoms with van der Waals surface area (Å²) in [4.78, 5) is 25.6. The minimum atomic E-state index is -0.193. The van der Waals surface area contributed by atoms with E-state index in [1.54, 1.807) is 0 Å². The molecule has 7 nitrogen and oxygen atoms in total. The third kappa shape index (κ3) is 5.28. The summed E-state index contributed by atoms with van der Waals surface area (Å²) in [7, 11) is 0. The number of carbonyl (C=O) groups is 1. The van der Waals surface area contributed by atoms with Crippen molar-refractivity contribution in [1.29, 1.82) is 0 Å². The molecule has 1 fully saturated rings. The highest BCUT2D eigenvalue weighted by atomic mass is 127. The molecule has 0 radical (unpaired) electrons. The second kappa shape index (κ2) is 10.8. The molecule has 3 heterocycles. The van der Waals surface area contributed by atoms with E-state index in [1.165, 1.54) is 11.3 Å². The number of anilines is 2. The zero-order valence-electron chi connectivity index (χ0n) is 18.0. The number of piperidine rings is 1. The molecule has 0 atom stereocenters. The first kappa shape index (κ1) is 23.3. The third-order valence-electron chi connectivity index (χ3n) is 5.94. The lowest BCUT2D eigenvalue weighted by atomic mass is 9.96. The molecule has 0 spiro atoms. The molecule has 31 heavy (non-hydrogen) atoms. The highest BCUT2D eigenvalue weighted by Gasteiger charge is 2.25. The van der Waals surface area contributed by atoms with E-state index in [1.807, 2.05) is 12.3 Å². The summed E-state index contributed by atoms with van der Waals surface area (Å²) in [5.41, 5.74) is 9.17. The average Bonchev–Trinajstić information content (AvgIpc) is 3.21. The fourth-order valence-corrected chi connectivity index (χ4v) is 4.33. The topological polar surface area (TPSA) is 86.9 Å². The Morgan fingerprint density at radius 3 is 2.71 bits per heavy atom. The Morgan fingerprint density at radius 1 is 1.19 bits per heavy atom. The molecule has 0 aliphatic carbocycles. The number of carbonyl (C=O) groups excluding carboxylic acids is 1. The Balaban J connectivity index is 0.00000272. The summed E-state index contributed by atoms with van der Waals surface area (Å²) < 4.78 is 0. The van der Waals surface area contributed by atoms with Gasteiger partial charge in [0.1, 0.15) is 5.82 Å². The normalized spacial score (nSPS) is 16.6. The van der Waals surface area contributed by atoms with Gasteiger partial charge in [0.2, 0.25) is 5.91 Å². The van der Waals surface area contributed by atoms with Crippen LogP contribution >= 0.6 is 24.0 Å². The fraction of sp³-hybridized carbons (Fsp3) is 0.435. The number of halogens is 1. The van der Waals surface area contributed by atoms with Gasteiger partial charge in [-0.1, -0.05) is 24.3 Å². The smallest absolute Gasteiger partial charge is 0.220 e. The molecule has 2 aliphatic rings. The number of guanidine groups is 1. The minimum absolute atomic E-state index is 0. The maximum absolute atomic E-state index is 11.5. The predicted octanol–water partition coefficient (Wildman–Crippen LogP) is 2.93. The minimum Gasteiger partial charge on any atom is -0.369 e. The van der Waals surface area contributed by atoms with Crippen molar-refractivity contribution in [2.24, 2.45) is 16.6 Å². The monoisotopic (exact) mass is 534 g/mol. The first-order valence-electron chi connectivity index (χ1n) is 10.8. The first-order valence-corrected chi connectivity index (χ1v) is 10.8. The molecule has 2 aromatic rings. The molecule has 0 unspecified atom stereocenters. The van der Waals surface area contributed by atoms with Crippen molar-refractivity contribution < 1.29 is 4.79 Å². The van der Waals surface area contributed by atoms with Crippen LogP contribution in [0.4, 0.5) is 11.5 Å². The summed E-state index contributed by atoms with van der Waals surface area (Å²) >= 11 is 0. The SMILES string of the molecule is CCNC(=NCc1cccnc1N1CCC(C(N)=O)CC1)N1CCc2ccccc21.I. The van der Waals surface area contributed by atoms with E-state index in [2.05, 4.69) is 57.4 Å². The number of primary amides is 1. The van der Waals surface area contributed by atoms with Crippen LogP contribution in [0.25, 0.3) is 0 Å². The van der Waals surface area contributed by atoms with Crippen LogP contribution in [-0.2, 0) is 17.8 Å². The Kier molecular flexibility index (Phi) is 8.11. The zero-order chi connectivity index (χ0) is 20.9. The van der Waals surface area contributed by atoms with Gasteiger partial charge in [-0.3, -0.25) is 4.79 Å². The summed E-state index contributed by atoms with van der Waals surface area (Å²) in [6.45, 7) is 5.99. The quantitative estimate of drug-likeness (QED) is 0.350. The van der Waals surface area contributed by atoms with Gasteiger partial charge in [0, 0.05) is 49.5 Å². The van der Waals surface area contributed by atoms with Gasteiger partial charge in [0.15, 0.2) is 5.96 Å². The Labute approximate surface area is 201 Å². The first-order chi connectivity index (χ1) is 14.7. The number of rotatable bonds is 5. The maximum Gasteiger partial charge on any atom is 0.220 e. The van der Waals surface area contributed by atoms with Crippen LogP contribution in [0.15, 0.2) is 47.6 Å². The molecule has 0 saturated carbocycles. The largest absolute Gasteiger partial charge is 0.369 e. The van der Waals surface area contributed by atoms with E-state index >= 15 is 0 Å². The van der Waals surface area contributed by atoms with Gasteiger partial charge in [-0.15, -0.1) is 24.0 Å². The Morgan fingerprint density at radius 2 is 1.97 bits per heavy atom. The highest BCUT2D eigenvalue weighted by molar-refractivity contribution is 14.0. The number of para-hydroxylation sites is 1. The predicted molar refractivity (Wildman–Crippen MR) is 136 cm³/mol. The van der Waals surface area contributed by atoms with Crippen LogP contribution in [0.1, 0.15) is 30.9 Å². The number of nitrogens with two attached hydrogens (primary N) is 1. The summed E-state index contributed by atoms with van der Waals surface area (Å²) in [6.07, 6.45) is 4.42. The van der Waals surface area contributed by atoms with Gasteiger partial charge in [0.25, 0.3) is 0 Å². The van der Waals surface area contributed by atoms with E-state index < -0.39 is 0 Å². The molecule has 166 valence electrons. The van der Waals surface area contributed by atoms with E-state index in [0.29, 0.717) is 6.54 Å². The number of fused-ring (bicyclic) bond motifs is 1. The van der Waals surface area contributed by atoms with E-state index in [-0.39, 0.29) is 35.8 Å². The maximum atomic E-state index is 11.5. The molecule has 3 N–H and O–H groups in total. The second-order valence-electron chi connectivity index (χ2n) is 7.85. The standard InChI is InChI=1S/C23H30N6O.HI/c1-2-25-23(29-15-11-17-6-3-4-8-20(17)29)27-16-19-7-5-12-26-22(19)28-13-9-18(10-14-28)21(24)30;/h3-8,12,18H,2,9-11,13-16H2,1H3,(H2,24,30)(H,25,27);1H. The van der Waals surface area contributed by atoms with Crippen LogP contribution in [-0.4, -0.2) is 43.0 Å². The average molecular weight is 534 g/mol. The molecule has 2 aliphatic heterocycles. The number of nitrogens with one attached hydrogen (secondary N) is 1. The molecule has 4 rings (SSSR count). The summed E-state index contributed by atoms with van der Waals surface area (Å²) in [6, 6.07) is 12.6. The summed E-state index contributed by atoms with van der Waals surface area (Å²) in [5.74, 6) is 1.65.